The molecule has 3 N–H and O–H groups in total. The van der Waals surface area contributed by atoms with Crippen molar-refractivity contribution >= 4 is 11.9 Å². The van der Waals surface area contributed by atoms with E-state index in [4.69, 9.17) is 9.84 Å². The van der Waals surface area contributed by atoms with E-state index in [1.165, 1.54) is 0 Å². The number of carbonyl (C=O) groups is 2. The molecule has 0 aromatic heterocycles. The molecule has 1 saturated heterocycles. The van der Waals surface area contributed by atoms with Gasteiger partial charge >= 0.3 is 5.97 Å². The van der Waals surface area contributed by atoms with E-state index in [1.54, 1.807) is 7.05 Å². The zero-order valence-electron chi connectivity index (χ0n) is 11.1. The lowest BCUT2D eigenvalue weighted by Gasteiger charge is -2.23. The van der Waals surface area contributed by atoms with Gasteiger partial charge in [0.1, 0.15) is 6.04 Å². The van der Waals surface area contributed by atoms with Gasteiger partial charge in [-0.1, -0.05) is 20.3 Å². The highest BCUT2D eigenvalue weighted by Crippen LogP contribution is 2.15. The molecule has 1 heterocycles. The van der Waals surface area contributed by atoms with Crippen LogP contribution in [-0.2, 0) is 14.3 Å². The Labute approximate surface area is 107 Å². The predicted octanol–water partition coefficient (Wildman–Crippen LogP) is -0.164. The van der Waals surface area contributed by atoms with Gasteiger partial charge in [-0.2, -0.15) is 0 Å². The van der Waals surface area contributed by atoms with E-state index in [-0.39, 0.29) is 23.8 Å². The fourth-order valence-corrected chi connectivity index (χ4v) is 2.04. The lowest BCUT2D eigenvalue weighted by atomic mass is 9.97. The second-order valence-electron chi connectivity index (χ2n) is 4.75. The predicted molar refractivity (Wildman–Crippen MR) is 66.2 cm³/mol. The van der Waals surface area contributed by atoms with Crippen molar-refractivity contribution in [1.29, 1.82) is 0 Å². The molecule has 18 heavy (non-hydrogen) atoms. The van der Waals surface area contributed by atoms with Gasteiger partial charge in [-0.25, -0.2) is 4.79 Å². The lowest BCUT2D eigenvalue weighted by Crippen LogP contribution is -2.50. The summed E-state index contributed by atoms with van der Waals surface area (Å²) in [5.74, 6) is -1.65. The number of aliphatic carboxylic acids is 1. The summed E-state index contributed by atoms with van der Waals surface area (Å²) in [5, 5.41) is 14.8. The van der Waals surface area contributed by atoms with Gasteiger partial charge in [-0.3, -0.25) is 4.79 Å². The molecule has 1 amide bonds. The average Bonchev–Trinajstić information content (AvgIpc) is 2.82. The van der Waals surface area contributed by atoms with Crippen molar-refractivity contribution < 1.29 is 19.4 Å². The van der Waals surface area contributed by atoms with Gasteiger partial charge in [-0.05, 0) is 13.0 Å². The van der Waals surface area contributed by atoms with Gasteiger partial charge in [0.15, 0.2) is 0 Å². The van der Waals surface area contributed by atoms with Crippen molar-refractivity contribution in [3.63, 3.8) is 0 Å². The van der Waals surface area contributed by atoms with E-state index < -0.39 is 12.0 Å². The number of amides is 1. The summed E-state index contributed by atoms with van der Waals surface area (Å²) in [6.07, 6.45) is 0.702. The van der Waals surface area contributed by atoms with Gasteiger partial charge < -0.3 is 20.5 Å². The van der Waals surface area contributed by atoms with Gasteiger partial charge in [-0.15, -0.1) is 0 Å². The Morgan fingerprint density at radius 1 is 1.44 bits per heavy atom. The van der Waals surface area contributed by atoms with Gasteiger partial charge in [0.05, 0.1) is 19.1 Å². The highest BCUT2D eigenvalue weighted by Gasteiger charge is 2.35. The maximum absolute atomic E-state index is 12.1. The summed E-state index contributed by atoms with van der Waals surface area (Å²) in [4.78, 5) is 23.2. The summed E-state index contributed by atoms with van der Waals surface area (Å²) >= 11 is 0. The standard InChI is InChI=1S/C12H22N2O4/c1-4-7(2)10(12(16)17)14-11(15)8-5-18-6-9(8)13-3/h7-10,13H,4-6H2,1-3H3,(H,14,15)(H,16,17). The van der Waals surface area contributed by atoms with E-state index in [2.05, 4.69) is 10.6 Å². The van der Waals surface area contributed by atoms with Crippen LogP contribution in [0.5, 0.6) is 0 Å². The summed E-state index contributed by atoms with van der Waals surface area (Å²) in [6, 6.07) is -0.878. The first-order valence-electron chi connectivity index (χ1n) is 6.29. The quantitative estimate of drug-likeness (QED) is 0.616. The third kappa shape index (κ3) is 3.43. The second kappa shape index (κ2) is 6.70. The van der Waals surface area contributed by atoms with Crippen molar-refractivity contribution in [2.24, 2.45) is 11.8 Å². The summed E-state index contributed by atoms with van der Waals surface area (Å²) in [6.45, 7) is 4.54. The van der Waals surface area contributed by atoms with Crippen LogP contribution < -0.4 is 10.6 Å². The smallest absolute Gasteiger partial charge is 0.326 e. The van der Waals surface area contributed by atoms with Crippen molar-refractivity contribution in [2.45, 2.75) is 32.4 Å². The molecule has 6 heteroatoms. The molecule has 6 nitrogen and oxygen atoms in total. The summed E-state index contributed by atoms with van der Waals surface area (Å²) in [5.41, 5.74) is 0. The van der Waals surface area contributed by atoms with Gasteiger partial charge in [0.2, 0.25) is 5.91 Å². The fourth-order valence-electron chi connectivity index (χ4n) is 2.04. The number of carboxylic acids is 1. The lowest BCUT2D eigenvalue weighted by molar-refractivity contribution is -0.144. The van der Waals surface area contributed by atoms with Gasteiger partial charge in [0.25, 0.3) is 0 Å². The summed E-state index contributed by atoms with van der Waals surface area (Å²) < 4.78 is 5.24. The third-order valence-electron chi connectivity index (χ3n) is 3.56. The first kappa shape index (κ1) is 14.9. The number of rotatable bonds is 6. The number of carbonyl (C=O) groups excluding carboxylic acids is 1. The number of likely N-dealkylation sites (N-methyl/N-ethyl adjacent to an activating group) is 1. The van der Waals surface area contributed by atoms with Crippen molar-refractivity contribution in [3.8, 4) is 0 Å². The Bertz CT molecular complexity index is 308. The highest BCUT2D eigenvalue weighted by molar-refractivity contribution is 5.85. The Hall–Kier alpha value is -1.14. The maximum atomic E-state index is 12.1. The minimum absolute atomic E-state index is 0.0450. The molecule has 4 unspecified atom stereocenters. The number of carboxylic acid groups (broad SMARTS) is 1. The second-order valence-corrected chi connectivity index (χ2v) is 4.75. The molecule has 1 aliphatic rings. The number of hydrogen-bond acceptors (Lipinski definition) is 4. The molecule has 0 aliphatic carbocycles. The number of ether oxygens (including phenoxy) is 1. The number of nitrogens with one attached hydrogen (secondary N) is 2. The molecule has 0 aromatic carbocycles. The molecule has 4 atom stereocenters. The Balaban J connectivity index is 2.63. The van der Waals surface area contributed by atoms with Crippen LogP contribution in [0.25, 0.3) is 0 Å². The minimum atomic E-state index is -0.988. The van der Waals surface area contributed by atoms with E-state index in [0.29, 0.717) is 19.6 Å². The SMILES string of the molecule is CCC(C)C(NC(=O)C1COCC1NC)C(=O)O. The zero-order chi connectivity index (χ0) is 13.7. The third-order valence-corrected chi connectivity index (χ3v) is 3.56. The summed E-state index contributed by atoms with van der Waals surface area (Å²) in [7, 11) is 1.77. The van der Waals surface area contributed by atoms with Crippen LogP contribution >= 0.6 is 0 Å². The molecule has 1 rings (SSSR count). The molecule has 0 spiro atoms. The zero-order valence-corrected chi connectivity index (χ0v) is 11.1. The van der Waals surface area contributed by atoms with E-state index in [0.717, 1.165) is 0 Å². The Morgan fingerprint density at radius 3 is 2.61 bits per heavy atom. The molecule has 1 aliphatic heterocycles. The first-order chi connectivity index (χ1) is 8.51. The monoisotopic (exact) mass is 258 g/mol. The van der Waals surface area contributed by atoms with Crippen molar-refractivity contribution in [2.75, 3.05) is 20.3 Å². The van der Waals surface area contributed by atoms with Crippen LogP contribution in [0, 0.1) is 11.8 Å². The molecule has 0 saturated carbocycles. The molecule has 104 valence electrons. The number of hydrogen-bond donors (Lipinski definition) is 3. The van der Waals surface area contributed by atoms with Crippen molar-refractivity contribution in [1.82, 2.24) is 10.6 Å². The van der Waals surface area contributed by atoms with E-state index >= 15 is 0 Å². The normalized spacial score (nSPS) is 26.6. The van der Waals surface area contributed by atoms with Crippen LogP contribution in [0.3, 0.4) is 0 Å². The molecular weight excluding hydrogens is 236 g/mol. The highest BCUT2D eigenvalue weighted by atomic mass is 16.5. The van der Waals surface area contributed by atoms with Crippen molar-refractivity contribution in [3.05, 3.63) is 0 Å². The maximum Gasteiger partial charge on any atom is 0.326 e. The van der Waals surface area contributed by atoms with E-state index in [1.807, 2.05) is 13.8 Å². The Kier molecular flexibility index (Phi) is 5.55. The molecule has 1 fully saturated rings. The van der Waals surface area contributed by atoms with Crippen LogP contribution in [0.1, 0.15) is 20.3 Å². The first-order valence-corrected chi connectivity index (χ1v) is 6.29. The van der Waals surface area contributed by atoms with Crippen LogP contribution in [0.4, 0.5) is 0 Å². The fraction of sp³-hybridized carbons (Fsp3) is 0.833. The van der Waals surface area contributed by atoms with Crippen LogP contribution in [0.2, 0.25) is 0 Å². The minimum Gasteiger partial charge on any atom is -0.480 e. The molecule has 0 bridgehead atoms. The molecule has 0 aromatic rings. The van der Waals surface area contributed by atoms with E-state index in [9.17, 15) is 9.59 Å². The topological polar surface area (TPSA) is 87.7 Å². The van der Waals surface area contributed by atoms with Crippen LogP contribution in [0.15, 0.2) is 0 Å². The molecular formula is C12H22N2O4. The average molecular weight is 258 g/mol. The Morgan fingerprint density at radius 2 is 2.11 bits per heavy atom. The largest absolute Gasteiger partial charge is 0.480 e. The molecule has 0 radical (unpaired) electrons. The van der Waals surface area contributed by atoms with Crippen LogP contribution in [-0.4, -0.2) is 49.3 Å². The van der Waals surface area contributed by atoms with Gasteiger partial charge in [0, 0.05) is 6.04 Å².